The van der Waals surface area contributed by atoms with Crippen LogP contribution in [0.2, 0.25) is 0 Å². The third kappa shape index (κ3) is 8.41. The molecule has 0 aromatic heterocycles. The van der Waals surface area contributed by atoms with E-state index in [4.69, 9.17) is 9.84 Å². The molecule has 0 unspecified atom stereocenters. The molecule has 0 rings (SSSR count). The number of hydrogen-bond donors (Lipinski definition) is 2. The Morgan fingerprint density at radius 2 is 2.13 bits per heavy atom. The summed E-state index contributed by atoms with van der Waals surface area (Å²) in [5.41, 5.74) is 0. The monoisotopic (exact) mass is 235 g/mol. The molecule has 0 heterocycles. The number of hydrogen-bond acceptors (Lipinski definition) is 5. The van der Waals surface area contributed by atoms with E-state index in [1.807, 2.05) is 0 Å². The van der Waals surface area contributed by atoms with Crippen molar-refractivity contribution >= 4 is 22.8 Å². The molecule has 6 heteroatoms. The Labute approximate surface area is 93.6 Å². The predicted molar refractivity (Wildman–Crippen MR) is 58.6 cm³/mol. The van der Waals surface area contributed by atoms with Crippen LogP contribution >= 0.6 is 11.8 Å². The highest BCUT2D eigenvalue weighted by Gasteiger charge is 2.14. The highest BCUT2D eigenvalue weighted by Crippen LogP contribution is 2.10. The van der Waals surface area contributed by atoms with Gasteiger partial charge in [0.15, 0.2) is 5.12 Å². The van der Waals surface area contributed by atoms with Crippen LogP contribution in [-0.2, 0) is 14.3 Å². The van der Waals surface area contributed by atoms with Gasteiger partial charge in [0, 0.05) is 13.5 Å². The first-order chi connectivity index (χ1) is 7.07. The van der Waals surface area contributed by atoms with Crippen LogP contribution in [0.15, 0.2) is 0 Å². The molecule has 0 aliphatic heterocycles. The topological polar surface area (TPSA) is 75.6 Å². The van der Waals surface area contributed by atoms with Gasteiger partial charge in [-0.2, -0.15) is 0 Å². The molecule has 0 aromatic carbocycles. The minimum atomic E-state index is -0.375. The summed E-state index contributed by atoms with van der Waals surface area (Å²) in [5, 5.41) is 10.6. The first kappa shape index (κ1) is 14.4. The average Bonchev–Trinajstić information content (AvgIpc) is 2.16. The number of carbonyl (C=O) groups excluding carboxylic acids is 2. The third-order valence-electron chi connectivity index (χ3n) is 1.49. The SMILES string of the molecule is CC(=O)S[C@@H](C)C(=O)NCCOCCO. The van der Waals surface area contributed by atoms with Gasteiger partial charge in [0.25, 0.3) is 0 Å². The molecule has 2 N–H and O–H groups in total. The van der Waals surface area contributed by atoms with Gasteiger partial charge in [0.1, 0.15) is 0 Å². The first-order valence-corrected chi connectivity index (χ1v) is 5.59. The lowest BCUT2D eigenvalue weighted by Gasteiger charge is -2.09. The number of ether oxygens (including phenoxy) is 1. The van der Waals surface area contributed by atoms with Crippen molar-refractivity contribution in [1.29, 1.82) is 0 Å². The van der Waals surface area contributed by atoms with E-state index in [9.17, 15) is 9.59 Å². The molecule has 0 spiro atoms. The van der Waals surface area contributed by atoms with Crippen LogP contribution in [0.5, 0.6) is 0 Å². The van der Waals surface area contributed by atoms with Crippen LogP contribution in [0.1, 0.15) is 13.8 Å². The molecular formula is C9H17NO4S. The molecule has 0 saturated carbocycles. The first-order valence-electron chi connectivity index (χ1n) is 4.71. The molecule has 1 atom stereocenters. The van der Waals surface area contributed by atoms with E-state index in [1.165, 1.54) is 6.92 Å². The zero-order chi connectivity index (χ0) is 11.7. The Bertz CT molecular complexity index is 210. The van der Waals surface area contributed by atoms with Crippen molar-refractivity contribution < 1.29 is 19.4 Å². The van der Waals surface area contributed by atoms with Crippen LogP contribution in [0, 0.1) is 0 Å². The maximum atomic E-state index is 11.3. The second-order valence-corrected chi connectivity index (χ2v) is 4.40. The van der Waals surface area contributed by atoms with E-state index < -0.39 is 0 Å². The fourth-order valence-corrected chi connectivity index (χ4v) is 1.55. The van der Waals surface area contributed by atoms with E-state index >= 15 is 0 Å². The number of carbonyl (C=O) groups is 2. The highest BCUT2D eigenvalue weighted by atomic mass is 32.2. The van der Waals surface area contributed by atoms with E-state index in [-0.39, 0.29) is 29.5 Å². The number of aliphatic hydroxyl groups excluding tert-OH is 1. The normalized spacial score (nSPS) is 12.2. The zero-order valence-electron chi connectivity index (χ0n) is 8.99. The molecule has 15 heavy (non-hydrogen) atoms. The fourth-order valence-electron chi connectivity index (χ4n) is 0.859. The predicted octanol–water partition coefficient (Wildman–Crippen LogP) is -0.220. The Morgan fingerprint density at radius 1 is 1.47 bits per heavy atom. The third-order valence-corrected chi connectivity index (χ3v) is 2.39. The Balaban J connectivity index is 3.51. The maximum Gasteiger partial charge on any atom is 0.233 e. The summed E-state index contributed by atoms with van der Waals surface area (Å²) >= 11 is 0.999. The van der Waals surface area contributed by atoms with Crippen molar-refractivity contribution in [1.82, 2.24) is 5.32 Å². The molecule has 0 radical (unpaired) electrons. The van der Waals surface area contributed by atoms with Crippen molar-refractivity contribution in [2.45, 2.75) is 19.1 Å². The zero-order valence-corrected chi connectivity index (χ0v) is 9.80. The van der Waals surface area contributed by atoms with Gasteiger partial charge in [-0.25, -0.2) is 0 Å². The Hall–Kier alpha value is -0.590. The lowest BCUT2D eigenvalue weighted by Crippen LogP contribution is -2.34. The smallest absolute Gasteiger partial charge is 0.233 e. The van der Waals surface area contributed by atoms with Gasteiger partial charge >= 0.3 is 0 Å². The molecule has 0 saturated heterocycles. The molecule has 0 fully saturated rings. The van der Waals surface area contributed by atoms with Gasteiger partial charge in [-0.1, -0.05) is 11.8 Å². The minimum absolute atomic E-state index is 0.0233. The lowest BCUT2D eigenvalue weighted by atomic mass is 10.4. The van der Waals surface area contributed by atoms with E-state index in [0.29, 0.717) is 13.2 Å². The molecule has 88 valence electrons. The van der Waals surface area contributed by atoms with Crippen molar-refractivity contribution in [3.63, 3.8) is 0 Å². The minimum Gasteiger partial charge on any atom is -0.394 e. The lowest BCUT2D eigenvalue weighted by molar-refractivity contribution is -0.120. The number of aliphatic hydroxyl groups is 1. The Kier molecular flexibility index (Phi) is 8.35. The van der Waals surface area contributed by atoms with Crippen LogP contribution in [0.3, 0.4) is 0 Å². The van der Waals surface area contributed by atoms with E-state index in [2.05, 4.69) is 5.32 Å². The Morgan fingerprint density at radius 3 is 2.67 bits per heavy atom. The van der Waals surface area contributed by atoms with Crippen LogP contribution in [0.4, 0.5) is 0 Å². The summed E-state index contributed by atoms with van der Waals surface area (Å²) < 4.78 is 4.96. The highest BCUT2D eigenvalue weighted by molar-refractivity contribution is 8.14. The second-order valence-electron chi connectivity index (χ2n) is 2.88. The molecule has 0 aliphatic carbocycles. The number of amides is 1. The molecular weight excluding hydrogens is 218 g/mol. The molecule has 0 aliphatic rings. The average molecular weight is 235 g/mol. The molecule has 1 amide bonds. The van der Waals surface area contributed by atoms with Crippen molar-refractivity contribution in [3.05, 3.63) is 0 Å². The summed E-state index contributed by atoms with van der Waals surface area (Å²) in [6.07, 6.45) is 0. The maximum absolute atomic E-state index is 11.3. The van der Waals surface area contributed by atoms with Crippen molar-refractivity contribution in [2.24, 2.45) is 0 Å². The molecule has 0 aromatic rings. The van der Waals surface area contributed by atoms with Crippen LogP contribution in [0.25, 0.3) is 0 Å². The van der Waals surface area contributed by atoms with Crippen LogP contribution in [-0.4, -0.2) is 47.7 Å². The van der Waals surface area contributed by atoms with Crippen molar-refractivity contribution in [3.8, 4) is 0 Å². The largest absolute Gasteiger partial charge is 0.394 e. The van der Waals surface area contributed by atoms with E-state index in [1.54, 1.807) is 6.92 Å². The summed E-state index contributed by atoms with van der Waals surface area (Å²) in [6.45, 7) is 4.11. The van der Waals surface area contributed by atoms with Gasteiger partial charge in [0.2, 0.25) is 5.91 Å². The van der Waals surface area contributed by atoms with Gasteiger partial charge in [-0.05, 0) is 6.92 Å². The van der Waals surface area contributed by atoms with Gasteiger partial charge in [-0.3, -0.25) is 9.59 Å². The quantitative estimate of drug-likeness (QED) is 0.597. The molecule has 5 nitrogen and oxygen atoms in total. The number of nitrogens with one attached hydrogen (secondary N) is 1. The molecule has 0 bridgehead atoms. The second kappa shape index (κ2) is 8.70. The van der Waals surface area contributed by atoms with Crippen molar-refractivity contribution in [2.75, 3.05) is 26.4 Å². The van der Waals surface area contributed by atoms with Crippen LogP contribution < -0.4 is 5.32 Å². The van der Waals surface area contributed by atoms with Gasteiger partial charge < -0.3 is 15.2 Å². The summed E-state index contributed by atoms with van der Waals surface area (Å²) in [5.74, 6) is -0.178. The van der Waals surface area contributed by atoms with Gasteiger partial charge in [-0.15, -0.1) is 0 Å². The number of thioether (sulfide) groups is 1. The summed E-state index contributed by atoms with van der Waals surface area (Å²) in [7, 11) is 0. The summed E-state index contributed by atoms with van der Waals surface area (Å²) in [4.78, 5) is 22.0. The van der Waals surface area contributed by atoms with Gasteiger partial charge in [0.05, 0.1) is 25.1 Å². The number of rotatable bonds is 7. The fraction of sp³-hybridized carbons (Fsp3) is 0.778. The standard InChI is InChI=1S/C9H17NO4S/c1-7(15-8(2)12)9(13)10-3-5-14-6-4-11/h7,11H,3-6H2,1-2H3,(H,10,13)/t7-/m0/s1. The van der Waals surface area contributed by atoms with E-state index in [0.717, 1.165) is 11.8 Å². The summed E-state index contributed by atoms with van der Waals surface area (Å²) in [6, 6.07) is 0.